The van der Waals surface area contributed by atoms with Crippen LogP contribution in [-0.4, -0.2) is 86.3 Å². The molecule has 0 aromatic heterocycles. The summed E-state index contributed by atoms with van der Waals surface area (Å²) in [6, 6.07) is 0. The van der Waals surface area contributed by atoms with E-state index in [1.807, 2.05) is 0 Å². The third-order valence-electron chi connectivity index (χ3n) is 10.9. The summed E-state index contributed by atoms with van der Waals surface area (Å²) in [5, 5.41) is 22.6. The van der Waals surface area contributed by atoms with Crippen molar-refractivity contribution in [2.45, 2.75) is 225 Å². The summed E-state index contributed by atoms with van der Waals surface area (Å²) >= 11 is 5.89. The van der Waals surface area contributed by atoms with Crippen LogP contribution in [0.1, 0.15) is 219 Å². The van der Waals surface area contributed by atoms with Gasteiger partial charge in [-0.2, -0.15) is 0 Å². The monoisotopic (exact) mass is 800 g/mol. The molecule has 0 bridgehead atoms. The molecule has 1 unspecified atom stereocenters. The maximum absolute atomic E-state index is 12.2. The second-order valence-corrected chi connectivity index (χ2v) is 16.8. The van der Waals surface area contributed by atoms with Crippen molar-refractivity contribution in [2.75, 3.05) is 58.9 Å². The Morgan fingerprint density at radius 1 is 0.436 bits per heavy atom. The standard InChI is InChI=1S/C46H94ClN5O3/c1-3-5-7-9-11-13-15-17-19-21-23-25-27-29-31-33-45(54)50-37-35-48-39-41-52(43-44(47)53)42-40-49-36-38-51-46(55)34-32-30-28-26-24-22-20-18-16-14-12-10-8-6-4-2/h44,48-49,53H,3-43H2,1-2H3,(H,50,54)(H,51,55). The zero-order chi connectivity index (χ0) is 40.1. The molecule has 55 heavy (non-hydrogen) atoms. The van der Waals surface area contributed by atoms with Gasteiger partial charge in [0, 0.05) is 71.7 Å². The first kappa shape index (κ1) is 54.1. The number of hydrogen-bond acceptors (Lipinski definition) is 6. The summed E-state index contributed by atoms with van der Waals surface area (Å²) in [4.78, 5) is 26.5. The zero-order valence-corrected chi connectivity index (χ0v) is 37.4. The molecule has 0 saturated heterocycles. The SMILES string of the molecule is CCCCCCCCCCCCCCCCCC(=O)NCCNCCN(CCNCCNC(=O)CCCCCCCCCCCCCCCCC)CC(O)Cl. The number of unbranched alkanes of at least 4 members (excludes halogenated alkanes) is 28. The van der Waals surface area contributed by atoms with E-state index in [0.29, 0.717) is 32.5 Å². The third kappa shape index (κ3) is 45.6. The normalized spacial score (nSPS) is 12.1. The van der Waals surface area contributed by atoms with E-state index in [0.717, 1.165) is 65.0 Å². The minimum absolute atomic E-state index is 0.149. The van der Waals surface area contributed by atoms with Crippen molar-refractivity contribution in [1.82, 2.24) is 26.2 Å². The van der Waals surface area contributed by atoms with Crippen LogP contribution in [0.2, 0.25) is 0 Å². The van der Waals surface area contributed by atoms with Gasteiger partial charge >= 0.3 is 0 Å². The van der Waals surface area contributed by atoms with Crippen LogP contribution in [0, 0.1) is 0 Å². The molecule has 1 atom stereocenters. The second kappa shape index (κ2) is 45.8. The molecule has 9 heteroatoms. The Balaban J connectivity index is 3.58. The van der Waals surface area contributed by atoms with Gasteiger partial charge < -0.3 is 26.4 Å². The molecule has 2 amide bonds. The van der Waals surface area contributed by atoms with E-state index in [9.17, 15) is 14.7 Å². The number of hydrogen-bond donors (Lipinski definition) is 5. The van der Waals surface area contributed by atoms with E-state index >= 15 is 0 Å². The molecular weight excluding hydrogens is 706 g/mol. The van der Waals surface area contributed by atoms with E-state index in [2.05, 4.69) is 40.0 Å². The first-order valence-corrected chi connectivity index (χ1v) is 24.4. The highest BCUT2D eigenvalue weighted by molar-refractivity contribution is 6.19. The molecule has 0 aliphatic rings. The van der Waals surface area contributed by atoms with Crippen LogP contribution in [0.15, 0.2) is 0 Å². The molecule has 0 aromatic rings. The van der Waals surface area contributed by atoms with Crippen molar-refractivity contribution in [3.8, 4) is 0 Å². The van der Waals surface area contributed by atoms with Crippen LogP contribution in [0.3, 0.4) is 0 Å². The molecule has 0 radical (unpaired) electrons. The van der Waals surface area contributed by atoms with Gasteiger partial charge in [0.15, 0.2) is 0 Å². The highest BCUT2D eigenvalue weighted by Gasteiger charge is 2.09. The van der Waals surface area contributed by atoms with Crippen molar-refractivity contribution in [2.24, 2.45) is 0 Å². The van der Waals surface area contributed by atoms with Gasteiger partial charge in [0.05, 0.1) is 0 Å². The molecule has 0 spiro atoms. The number of carbonyl (C=O) groups excluding carboxylic acids is 2. The van der Waals surface area contributed by atoms with Gasteiger partial charge in [-0.15, -0.1) is 0 Å². The summed E-state index contributed by atoms with van der Waals surface area (Å²) in [7, 11) is 0. The zero-order valence-electron chi connectivity index (χ0n) is 36.7. The van der Waals surface area contributed by atoms with Gasteiger partial charge in [0.2, 0.25) is 11.8 Å². The van der Waals surface area contributed by atoms with Crippen molar-refractivity contribution in [3.05, 3.63) is 0 Å². The van der Waals surface area contributed by atoms with E-state index in [1.165, 1.54) is 167 Å². The number of aliphatic hydroxyl groups excluding tert-OH is 1. The first-order valence-electron chi connectivity index (χ1n) is 24.0. The minimum Gasteiger partial charge on any atom is -0.376 e. The number of carbonyl (C=O) groups is 2. The fraction of sp³-hybridized carbons (Fsp3) is 0.957. The maximum Gasteiger partial charge on any atom is 0.220 e. The summed E-state index contributed by atoms with van der Waals surface area (Å²) in [5.41, 5.74) is -0.905. The molecule has 0 aliphatic carbocycles. The lowest BCUT2D eigenvalue weighted by Gasteiger charge is -2.23. The largest absolute Gasteiger partial charge is 0.376 e. The van der Waals surface area contributed by atoms with Crippen LogP contribution in [0.5, 0.6) is 0 Å². The Labute approximate surface area is 347 Å². The predicted molar refractivity (Wildman–Crippen MR) is 239 cm³/mol. The number of rotatable bonds is 46. The van der Waals surface area contributed by atoms with Gasteiger partial charge in [-0.25, -0.2) is 0 Å². The molecular formula is C46H94ClN5O3. The summed E-state index contributed by atoms with van der Waals surface area (Å²) in [5.74, 6) is 0.298. The molecule has 0 fully saturated rings. The average molecular weight is 801 g/mol. The lowest BCUT2D eigenvalue weighted by molar-refractivity contribution is -0.122. The van der Waals surface area contributed by atoms with Gasteiger partial charge in [-0.3, -0.25) is 14.5 Å². The summed E-state index contributed by atoms with van der Waals surface area (Å²) in [6.45, 7) is 10.7. The molecule has 0 aliphatic heterocycles. The minimum atomic E-state index is -0.905. The highest BCUT2D eigenvalue weighted by Crippen LogP contribution is 2.15. The summed E-state index contributed by atoms with van der Waals surface area (Å²) in [6.07, 6.45) is 41.2. The topological polar surface area (TPSA) is 106 Å². The molecule has 0 heterocycles. The number of nitrogens with one attached hydrogen (secondary N) is 4. The molecule has 8 nitrogen and oxygen atoms in total. The fourth-order valence-corrected chi connectivity index (χ4v) is 7.50. The van der Waals surface area contributed by atoms with Crippen molar-refractivity contribution < 1.29 is 14.7 Å². The van der Waals surface area contributed by atoms with E-state index in [-0.39, 0.29) is 11.8 Å². The second-order valence-electron chi connectivity index (χ2n) is 16.3. The highest BCUT2D eigenvalue weighted by atomic mass is 35.5. The van der Waals surface area contributed by atoms with Crippen LogP contribution >= 0.6 is 11.6 Å². The van der Waals surface area contributed by atoms with E-state index < -0.39 is 5.56 Å². The van der Waals surface area contributed by atoms with Gasteiger partial charge in [-0.05, 0) is 12.8 Å². The quantitative estimate of drug-likeness (QED) is 0.0310. The van der Waals surface area contributed by atoms with Crippen molar-refractivity contribution >= 4 is 23.4 Å². The Morgan fingerprint density at radius 3 is 0.982 bits per heavy atom. The number of halogens is 1. The van der Waals surface area contributed by atoms with Crippen LogP contribution in [-0.2, 0) is 9.59 Å². The summed E-state index contributed by atoms with van der Waals surface area (Å²) < 4.78 is 0. The molecule has 0 rings (SSSR count). The third-order valence-corrected chi connectivity index (χ3v) is 11.0. The van der Waals surface area contributed by atoms with Crippen molar-refractivity contribution in [1.29, 1.82) is 0 Å². The smallest absolute Gasteiger partial charge is 0.220 e. The van der Waals surface area contributed by atoms with Crippen molar-refractivity contribution in [3.63, 3.8) is 0 Å². The molecule has 328 valence electrons. The van der Waals surface area contributed by atoms with Gasteiger partial charge in [-0.1, -0.05) is 205 Å². The van der Waals surface area contributed by atoms with E-state index in [4.69, 9.17) is 11.6 Å². The lowest BCUT2D eigenvalue weighted by Crippen LogP contribution is -2.42. The molecule has 0 aromatic carbocycles. The lowest BCUT2D eigenvalue weighted by atomic mass is 10.0. The predicted octanol–water partition coefficient (Wildman–Crippen LogP) is 10.8. The Morgan fingerprint density at radius 2 is 0.709 bits per heavy atom. The van der Waals surface area contributed by atoms with Gasteiger partial charge in [0.25, 0.3) is 0 Å². The molecule has 0 saturated carbocycles. The number of amides is 2. The van der Waals surface area contributed by atoms with Crippen LogP contribution < -0.4 is 21.3 Å². The van der Waals surface area contributed by atoms with Crippen LogP contribution in [0.4, 0.5) is 0 Å². The number of alkyl halides is 1. The number of aliphatic hydroxyl groups is 1. The van der Waals surface area contributed by atoms with E-state index in [1.54, 1.807) is 0 Å². The number of nitrogens with zero attached hydrogens (tertiary/aromatic N) is 1. The Kier molecular flexibility index (Phi) is 45.0. The maximum atomic E-state index is 12.2. The average Bonchev–Trinajstić information content (AvgIpc) is 3.17. The van der Waals surface area contributed by atoms with Gasteiger partial charge in [0.1, 0.15) is 5.56 Å². The fourth-order valence-electron chi connectivity index (χ4n) is 7.30. The van der Waals surface area contributed by atoms with Crippen LogP contribution in [0.25, 0.3) is 0 Å². The Bertz CT molecular complexity index is 733. The molecule has 5 N–H and O–H groups in total. The first-order chi connectivity index (χ1) is 27.0. The Hall–Kier alpha value is -0.930.